The predicted octanol–water partition coefficient (Wildman–Crippen LogP) is 3.28. The number of esters is 1. The molecular weight excluding hydrogens is 396 g/mol. The number of methoxy groups -OCH3 is 1. The first-order valence-corrected chi connectivity index (χ1v) is 9.35. The number of carbonyl (C=O) groups excluding carboxylic acids is 3. The zero-order chi connectivity index (χ0) is 21.4. The average molecular weight is 419 g/mol. The quantitative estimate of drug-likeness (QED) is 0.641. The largest absolute Gasteiger partial charge is 0.495 e. The van der Waals surface area contributed by atoms with Crippen LogP contribution in [0.1, 0.15) is 24.2 Å². The number of halogens is 1. The van der Waals surface area contributed by atoms with E-state index in [1.165, 1.54) is 13.2 Å². The Hall–Kier alpha value is -3.06. The fourth-order valence-corrected chi connectivity index (χ4v) is 2.67. The van der Waals surface area contributed by atoms with E-state index in [0.717, 1.165) is 0 Å². The van der Waals surface area contributed by atoms with E-state index in [9.17, 15) is 14.4 Å². The van der Waals surface area contributed by atoms with Crippen molar-refractivity contribution in [3.05, 3.63) is 59.1 Å². The van der Waals surface area contributed by atoms with E-state index in [1.807, 2.05) is 0 Å². The van der Waals surface area contributed by atoms with Crippen molar-refractivity contribution in [2.75, 3.05) is 19.0 Å². The summed E-state index contributed by atoms with van der Waals surface area (Å²) in [4.78, 5) is 36.9. The molecule has 154 valence electrons. The predicted molar refractivity (Wildman–Crippen MR) is 110 cm³/mol. The zero-order valence-corrected chi connectivity index (χ0v) is 17.2. The van der Waals surface area contributed by atoms with Crippen LogP contribution in [0.4, 0.5) is 5.69 Å². The maximum atomic E-state index is 12.4. The summed E-state index contributed by atoms with van der Waals surface area (Å²) in [6.07, 6.45) is 0. The molecule has 29 heavy (non-hydrogen) atoms. The Morgan fingerprint density at radius 1 is 1.07 bits per heavy atom. The van der Waals surface area contributed by atoms with Crippen LogP contribution in [0.25, 0.3) is 0 Å². The number of benzene rings is 2. The molecular formula is C21H23ClN2O5. The van der Waals surface area contributed by atoms with Crippen molar-refractivity contribution in [2.45, 2.75) is 19.9 Å². The lowest BCUT2D eigenvalue weighted by Crippen LogP contribution is -2.45. The highest BCUT2D eigenvalue weighted by Crippen LogP contribution is 2.27. The number of amides is 2. The number of rotatable bonds is 8. The fraction of sp³-hybridized carbons (Fsp3) is 0.286. The first-order chi connectivity index (χ1) is 13.8. The van der Waals surface area contributed by atoms with Crippen molar-refractivity contribution in [2.24, 2.45) is 5.92 Å². The molecule has 0 radical (unpaired) electrons. The smallest absolute Gasteiger partial charge is 0.329 e. The number of nitrogens with one attached hydrogen (secondary N) is 2. The summed E-state index contributed by atoms with van der Waals surface area (Å²) in [5.41, 5.74) is 0.788. The van der Waals surface area contributed by atoms with Crippen LogP contribution < -0.4 is 15.4 Å². The third-order valence-corrected chi connectivity index (χ3v) is 4.26. The molecule has 0 aromatic heterocycles. The first kappa shape index (κ1) is 22.2. The fourth-order valence-electron chi connectivity index (χ4n) is 2.50. The van der Waals surface area contributed by atoms with Crippen LogP contribution in [0.5, 0.6) is 5.75 Å². The van der Waals surface area contributed by atoms with Gasteiger partial charge in [-0.05, 0) is 36.2 Å². The summed E-state index contributed by atoms with van der Waals surface area (Å²) < 4.78 is 10.3. The van der Waals surface area contributed by atoms with Gasteiger partial charge in [0.1, 0.15) is 11.8 Å². The minimum atomic E-state index is -0.892. The molecule has 0 bridgehead atoms. The van der Waals surface area contributed by atoms with Crippen molar-refractivity contribution in [1.82, 2.24) is 5.32 Å². The van der Waals surface area contributed by atoms with Gasteiger partial charge in [-0.25, -0.2) is 4.79 Å². The van der Waals surface area contributed by atoms with Crippen molar-refractivity contribution in [1.29, 1.82) is 0 Å². The molecule has 0 aliphatic carbocycles. The van der Waals surface area contributed by atoms with Crippen molar-refractivity contribution in [3.63, 3.8) is 0 Å². The van der Waals surface area contributed by atoms with Crippen LogP contribution in [-0.2, 0) is 14.3 Å². The van der Waals surface area contributed by atoms with E-state index in [4.69, 9.17) is 21.1 Å². The van der Waals surface area contributed by atoms with Crippen molar-refractivity contribution < 1.29 is 23.9 Å². The normalized spacial score (nSPS) is 11.5. The molecule has 0 spiro atoms. The molecule has 0 aliphatic rings. The van der Waals surface area contributed by atoms with Gasteiger partial charge in [-0.1, -0.05) is 43.6 Å². The molecule has 2 amide bonds. The Balaban J connectivity index is 1.95. The van der Waals surface area contributed by atoms with Gasteiger partial charge in [0.2, 0.25) is 0 Å². The molecule has 8 heteroatoms. The maximum absolute atomic E-state index is 12.4. The third-order valence-electron chi connectivity index (χ3n) is 4.02. The molecule has 2 rings (SSSR count). The molecule has 0 saturated carbocycles. The Labute approximate surface area is 174 Å². The van der Waals surface area contributed by atoms with Crippen LogP contribution in [0.15, 0.2) is 48.5 Å². The number of hydrogen-bond acceptors (Lipinski definition) is 5. The Morgan fingerprint density at radius 3 is 2.38 bits per heavy atom. The van der Waals surface area contributed by atoms with E-state index in [2.05, 4.69) is 10.6 Å². The van der Waals surface area contributed by atoms with Gasteiger partial charge < -0.3 is 20.1 Å². The van der Waals surface area contributed by atoms with Crippen LogP contribution in [0.3, 0.4) is 0 Å². The summed E-state index contributed by atoms with van der Waals surface area (Å²) in [5.74, 6) is -1.46. The molecule has 0 saturated heterocycles. The minimum Gasteiger partial charge on any atom is -0.495 e. The van der Waals surface area contributed by atoms with Gasteiger partial charge in [-0.15, -0.1) is 0 Å². The van der Waals surface area contributed by atoms with E-state index in [1.54, 1.807) is 56.3 Å². The lowest BCUT2D eigenvalue weighted by atomic mass is 10.0. The number of hydrogen-bond donors (Lipinski definition) is 2. The molecule has 1 atom stereocenters. The molecule has 2 aromatic carbocycles. The third kappa shape index (κ3) is 6.50. The summed E-state index contributed by atoms with van der Waals surface area (Å²) in [7, 11) is 1.46. The highest BCUT2D eigenvalue weighted by atomic mass is 35.5. The van der Waals surface area contributed by atoms with Gasteiger partial charge in [-0.2, -0.15) is 0 Å². The minimum absolute atomic E-state index is 0.230. The number of anilines is 1. The number of carbonyl (C=O) groups is 3. The second kappa shape index (κ2) is 10.5. The summed E-state index contributed by atoms with van der Waals surface area (Å²) in [6, 6.07) is 12.4. The highest BCUT2D eigenvalue weighted by Gasteiger charge is 2.26. The van der Waals surface area contributed by atoms with Crippen LogP contribution in [0, 0.1) is 5.92 Å². The number of ether oxygens (including phenoxy) is 2. The standard InChI is InChI=1S/C21H23ClN2O5/c1-13(2)19(24-20(26)14-7-5-4-6-8-14)21(27)29-12-18(25)23-16-11-15(22)9-10-17(16)28-3/h4-11,13,19H,12H2,1-3H3,(H,23,25)(H,24,26)/t19-/m1/s1. The summed E-state index contributed by atoms with van der Waals surface area (Å²) >= 11 is 5.93. The topological polar surface area (TPSA) is 93.7 Å². The van der Waals surface area contributed by atoms with E-state index in [0.29, 0.717) is 22.0 Å². The molecule has 7 nitrogen and oxygen atoms in total. The molecule has 0 fully saturated rings. The Bertz CT molecular complexity index is 871. The van der Waals surface area contributed by atoms with E-state index >= 15 is 0 Å². The molecule has 0 aliphatic heterocycles. The Morgan fingerprint density at radius 2 is 1.76 bits per heavy atom. The van der Waals surface area contributed by atoms with E-state index < -0.39 is 30.4 Å². The lowest BCUT2D eigenvalue weighted by molar-refractivity contribution is -0.150. The van der Waals surface area contributed by atoms with Gasteiger partial charge in [0.15, 0.2) is 6.61 Å². The van der Waals surface area contributed by atoms with Gasteiger partial charge in [-0.3, -0.25) is 9.59 Å². The molecule has 2 aromatic rings. The molecule has 2 N–H and O–H groups in total. The van der Waals surface area contributed by atoms with Gasteiger partial charge in [0.25, 0.3) is 11.8 Å². The van der Waals surface area contributed by atoms with Crippen molar-refractivity contribution >= 4 is 35.1 Å². The SMILES string of the molecule is COc1ccc(Cl)cc1NC(=O)COC(=O)[C@H](NC(=O)c1ccccc1)C(C)C. The van der Waals surface area contributed by atoms with E-state index in [-0.39, 0.29) is 5.92 Å². The Kier molecular flexibility index (Phi) is 8.03. The van der Waals surface area contributed by atoms with Crippen LogP contribution >= 0.6 is 11.6 Å². The highest BCUT2D eigenvalue weighted by molar-refractivity contribution is 6.31. The maximum Gasteiger partial charge on any atom is 0.329 e. The second-order valence-electron chi connectivity index (χ2n) is 6.56. The average Bonchev–Trinajstić information content (AvgIpc) is 2.70. The van der Waals surface area contributed by atoms with Crippen molar-refractivity contribution in [3.8, 4) is 5.75 Å². The summed E-state index contributed by atoms with van der Waals surface area (Å²) in [6.45, 7) is 3.03. The van der Waals surface area contributed by atoms with Crippen LogP contribution in [0.2, 0.25) is 5.02 Å². The van der Waals surface area contributed by atoms with Crippen LogP contribution in [-0.4, -0.2) is 37.5 Å². The summed E-state index contributed by atoms with van der Waals surface area (Å²) in [5, 5.41) is 5.65. The first-order valence-electron chi connectivity index (χ1n) is 8.97. The monoisotopic (exact) mass is 418 g/mol. The molecule has 0 unspecified atom stereocenters. The zero-order valence-electron chi connectivity index (χ0n) is 16.4. The molecule has 0 heterocycles. The van der Waals surface area contributed by atoms with Gasteiger partial charge in [0.05, 0.1) is 12.8 Å². The second-order valence-corrected chi connectivity index (χ2v) is 7.00. The van der Waals surface area contributed by atoms with Gasteiger partial charge in [0, 0.05) is 10.6 Å². The lowest BCUT2D eigenvalue weighted by Gasteiger charge is -2.21. The van der Waals surface area contributed by atoms with Gasteiger partial charge >= 0.3 is 5.97 Å².